The Morgan fingerprint density at radius 3 is 2.65 bits per heavy atom. The lowest BCUT2D eigenvalue weighted by molar-refractivity contribution is 0.438. The van der Waals surface area contributed by atoms with E-state index in [0.29, 0.717) is 18.9 Å². The lowest BCUT2D eigenvalue weighted by Gasteiger charge is -2.11. The maximum atomic E-state index is 12.2. The van der Waals surface area contributed by atoms with Crippen molar-refractivity contribution in [2.45, 2.75) is 33.7 Å². The summed E-state index contributed by atoms with van der Waals surface area (Å²) in [5, 5.41) is 10.3. The lowest BCUT2D eigenvalue weighted by atomic mass is 10.1. The summed E-state index contributed by atoms with van der Waals surface area (Å²) in [4.78, 5) is 43.0. The van der Waals surface area contributed by atoms with Gasteiger partial charge in [0, 0.05) is 12.6 Å². The molecule has 0 bridgehead atoms. The summed E-state index contributed by atoms with van der Waals surface area (Å²) in [6, 6.07) is 4.23. The molecule has 0 radical (unpaired) electrons. The van der Waals surface area contributed by atoms with E-state index < -0.39 is 16.9 Å². The van der Waals surface area contributed by atoms with Crippen LogP contribution in [0.25, 0.3) is 22.3 Å². The van der Waals surface area contributed by atoms with Crippen molar-refractivity contribution in [3.63, 3.8) is 0 Å². The van der Waals surface area contributed by atoms with Gasteiger partial charge in [0.15, 0.2) is 0 Å². The van der Waals surface area contributed by atoms with Crippen LogP contribution in [0.3, 0.4) is 0 Å². The largest absolute Gasteiger partial charge is 0.507 e. The van der Waals surface area contributed by atoms with E-state index in [1.807, 2.05) is 13.8 Å². The molecule has 0 saturated heterocycles. The number of aromatic nitrogens is 3. The Bertz CT molecular complexity index is 1150. The van der Waals surface area contributed by atoms with Crippen molar-refractivity contribution in [2.24, 2.45) is 5.92 Å². The van der Waals surface area contributed by atoms with Gasteiger partial charge in [-0.05, 0) is 31.4 Å². The summed E-state index contributed by atoms with van der Waals surface area (Å²) in [6.45, 7) is 5.96. The minimum Gasteiger partial charge on any atom is -0.507 e. The predicted octanol–water partition coefficient (Wildman–Crippen LogP) is 1.77. The van der Waals surface area contributed by atoms with Crippen LogP contribution in [0, 0.1) is 12.8 Å². The topological polar surface area (TPSA) is 118 Å². The number of pyridine rings is 1. The highest BCUT2D eigenvalue weighted by atomic mass is 16.4. The molecule has 0 spiro atoms. The Morgan fingerprint density at radius 2 is 2.00 bits per heavy atom. The molecule has 3 heterocycles. The van der Waals surface area contributed by atoms with E-state index in [0.717, 1.165) is 0 Å². The summed E-state index contributed by atoms with van der Waals surface area (Å²) in [5.41, 5.74) is -1.67. The second-order valence-corrected chi connectivity index (χ2v) is 6.57. The van der Waals surface area contributed by atoms with Crippen LogP contribution in [0.15, 0.2) is 37.0 Å². The Labute approximate surface area is 147 Å². The second kappa shape index (κ2) is 6.62. The van der Waals surface area contributed by atoms with Crippen molar-refractivity contribution in [3.05, 3.63) is 55.2 Å². The lowest BCUT2D eigenvalue weighted by Crippen LogP contribution is -2.31. The molecule has 2 N–H and O–H groups in total. The standard InChI is InChI=1S/C18H19N3O5/c1-9(2)6-7-21-15-11(16(23)20-18(21)25)4-5-12(19-15)14-13(22)8-10(3)26-17(14)24/h4-5,8-9,22H,6-7H2,1-3H3,(H,20,23,25). The number of aromatic hydroxyl groups is 1. The summed E-state index contributed by atoms with van der Waals surface area (Å²) < 4.78 is 6.39. The summed E-state index contributed by atoms with van der Waals surface area (Å²) in [6.07, 6.45) is 0.713. The van der Waals surface area contributed by atoms with Gasteiger partial charge in [0.25, 0.3) is 5.56 Å². The van der Waals surface area contributed by atoms with E-state index in [1.165, 1.54) is 22.8 Å². The van der Waals surface area contributed by atoms with Gasteiger partial charge < -0.3 is 9.52 Å². The molecule has 0 aliphatic heterocycles. The van der Waals surface area contributed by atoms with E-state index in [9.17, 15) is 19.5 Å². The molecule has 0 aliphatic rings. The number of fused-ring (bicyclic) bond motifs is 1. The van der Waals surface area contributed by atoms with E-state index in [1.54, 1.807) is 6.92 Å². The number of nitrogens with zero attached hydrogens (tertiary/aromatic N) is 2. The zero-order valence-electron chi connectivity index (χ0n) is 14.7. The first-order chi connectivity index (χ1) is 12.3. The minimum absolute atomic E-state index is 0.111. The Morgan fingerprint density at radius 1 is 1.27 bits per heavy atom. The van der Waals surface area contributed by atoms with Gasteiger partial charge in [-0.1, -0.05) is 13.8 Å². The van der Waals surface area contributed by atoms with Crippen LogP contribution >= 0.6 is 0 Å². The van der Waals surface area contributed by atoms with Crippen molar-refractivity contribution >= 4 is 11.0 Å². The van der Waals surface area contributed by atoms with Gasteiger partial charge in [0.1, 0.15) is 22.7 Å². The fourth-order valence-electron chi connectivity index (χ4n) is 2.73. The zero-order chi connectivity index (χ0) is 19.0. The van der Waals surface area contributed by atoms with Crippen LogP contribution in [-0.2, 0) is 6.54 Å². The molecule has 0 fully saturated rings. The molecule has 0 aromatic carbocycles. The number of hydrogen-bond acceptors (Lipinski definition) is 6. The fourth-order valence-corrected chi connectivity index (χ4v) is 2.73. The molecule has 3 rings (SSSR count). The molecule has 0 saturated carbocycles. The molecule has 8 nitrogen and oxygen atoms in total. The molecular formula is C18H19N3O5. The highest BCUT2D eigenvalue weighted by Crippen LogP contribution is 2.25. The number of aromatic amines is 1. The van der Waals surface area contributed by atoms with Crippen LogP contribution in [0.2, 0.25) is 0 Å². The van der Waals surface area contributed by atoms with Crippen molar-refractivity contribution in [2.75, 3.05) is 0 Å². The Balaban J connectivity index is 2.29. The van der Waals surface area contributed by atoms with Crippen molar-refractivity contribution in [1.29, 1.82) is 0 Å². The number of hydrogen-bond donors (Lipinski definition) is 2. The van der Waals surface area contributed by atoms with Gasteiger partial charge in [0.2, 0.25) is 0 Å². The third-order valence-electron chi connectivity index (χ3n) is 4.08. The van der Waals surface area contributed by atoms with Gasteiger partial charge in [-0.3, -0.25) is 14.3 Å². The van der Waals surface area contributed by atoms with E-state index in [-0.39, 0.29) is 33.8 Å². The van der Waals surface area contributed by atoms with Crippen molar-refractivity contribution in [3.8, 4) is 17.0 Å². The van der Waals surface area contributed by atoms with E-state index in [2.05, 4.69) is 9.97 Å². The predicted molar refractivity (Wildman–Crippen MR) is 96.5 cm³/mol. The van der Waals surface area contributed by atoms with Gasteiger partial charge in [-0.15, -0.1) is 0 Å². The molecule has 0 aliphatic carbocycles. The van der Waals surface area contributed by atoms with Gasteiger partial charge in [0.05, 0.1) is 11.1 Å². The van der Waals surface area contributed by atoms with Crippen LogP contribution in [0.4, 0.5) is 0 Å². The van der Waals surface area contributed by atoms with E-state index >= 15 is 0 Å². The third kappa shape index (κ3) is 3.17. The fraction of sp³-hybridized carbons (Fsp3) is 0.333. The zero-order valence-corrected chi connectivity index (χ0v) is 14.7. The Hall–Kier alpha value is -3.16. The molecular weight excluding hydrogens is 338 g/mol. The first kappa shape index (κ1) is 17.7. The summed E-state index contributed by atoms with van der Waals surface area (Å²) in [7, 11) is 0. The average Bonchev–Trinajstić information content (AvgIpc) is 2.53. The smallest absolute Gasteiger partial charge is 0.349 e. The van der Waals surface area contributed by atoms with Gasteiger partial charge >= 0.3 is 11.3 Å². The van der Waals surface area contributed by atoms with Crippen LogP contribution in [0.5, 0.6) is 5.75 Å². The van der Waals surface area contributed by atoms with Crippen LogP contribution in [0.1, 0.15) is 26.0 Å². The first-order valence-electron chi connectivity index (χ1n) is 8.26. The number of H-pyrrole nitrogens is 1. The van der Waals surface area contributed by atoms with Gasteiger partial charge in [-0.2, -0.15) is 0 Å². The molecule has 0 amide bonds. The van der Waals surface area contributed by atoms with Crippen LogP contribution in [-0.4, -0.2) is 19.6 Å². The van der Waals surface area contributed by atoms with Crippen LogP contribution < -0.4 is 16.9 Å². The molecule has 8 heteroatoms. The second-order valence-electron chi connectivity index (χ2n) is 6.57. The quantitative estimate of drug-likeness (QED) is 0.734. The highest BCUT2D eigenvalue weighted by molar-refractivity contribution is 5.78. The highest BCUT2D eigenvalue weighted by Gasteiger charge is 2.17. The molecule has 0 atom stereocenters. The molecule has 0 unspecified atom stereocenters. The van der Waals surface area contributed by atoms with Crippen molar-refractivity contribution in [1.82, 2.24) is 14.5 Å². The third-order valence-corrected chi connectivity index (χ3v) is 4.08. The normalized spacial score (nSPS) is 11.4. The SMILES string of the molecule is Cc1cc(O)c(-c2ccc3c(=O)[nH]c(=O)n(CCC(C)C)c3n2)c(=O)o1. The summed E-state index contributed by atoms with van der Waals surface area (Å²) in [5.74, 6) is 0.342. The molecule has 136 valence electrons. The number of aryl methyl sites for hydroxylation is 2. The maximum Gasteiger partial charge on any atom is 0.349 e. The van der Waals surface area contributed by atoms with Crippen molar-refractivity contribution < 1.29 is 9.52 Å². The number of rotatable bonds is 4. The maximum absolute atomic E-state index is 12.2. The van der Waals surface area contributed by atoms with E-state index in [4.69, 9.17) is 4.42 Å². The Kier molecular flexibility index (Phi) is 4.50. The monoisotopic (exact) mass is 357 g/mol. The molecule has 3 aromatic rings. The number of nitrogens with one attached hydrogen (secondary N) is 1. The van der Waals surface area contributed by atoms with Gasteiger partial charge in [-0.25, -0.2) is 14.6 Å². The molecule has 26 heavy (non-hydrogen) atoms. The molecule has 3 aromatic heterocycles. The first-order valence-corrected chi connectivity index (χ1v) is 8.26. The average molecular weight is 357 g/mol. The summed E-state index contributed by atoms with van der Waals surface area (Å²) >= 11 is 0. The minimum atomic E-state index is -0.740.